The Morgan fingerprint density at radius 3 is 2.75 bits per heavy atom. The Bertz CT molecular complexity index is 996. The first-order valence-electron chi connectivity index (χ1n) is 8.91. The minimum atomic E-state index is -0.919. The van der Waals surface area contributed by atoms with E-state index in [0.29, 0.717) is 24.5 Å². The lowest BCUT2D eigenvalue weighted by atomic mass is 10.1. The summed E-state index contributed by atoms with van der Waals surface area (Å²) < 4.78 is 6.45. The van der Waals surface area contributed by atoms with Gasteiger partial charge < -0.3 is 15.4 Å². The molecule has 2 aromatic heterocycles. The standard InChI is InChI=1S/C20H23N5O3/c1-20(2,19(27)21-10-11-28-3)25-13-15(12-22-25)23-18(26)17-9-8-14-6-4-5-7-16(14)24-17/h4-9,12-13H,10-11H2,1-3H3,(H,21,27)(H,23,26). The molecule has 1 aromatic carbocycles. The van der Waals surface area contributed by atoms with Gasteiger partial charge in [0.2, 0.25) is 5.91 Å². The second-order valence-corrected chi connectivity index (χ2v) is 6.82. The number of pyridine rings is 1. The normalized spacial score (nSPS) is 11.4. The van der Waals surface area contributed by atoms with E-state index >= 15 is 0 Å². The quantitative estimate of drug-likeness (QED) is 0.611. The molecule has 0 aliphatic carbocycles. The van der Waals surface area contributed by atoms with Crippen molar-refractivity contribution in [2.24, 2.45) is 0 Å². The highest BCUT2D eigenvalue weighted by Gasteiger charge is 2.30. The molecule has 0 saturated heterocycles. The molecule has 0 aliphatic rings. The largest absolute Gasteiger partial charge is 0.383 e. The molecule has 3 aromatic rings. The number of para-hydroxylation sites is 1. The van der Waals surface area contributed by atoms with Crippen molar-refractivity contribution < 1.29 is 14.3 Å². The van der Waals surface area contributed by atoms with Gasteiger partial charge in [0.1, 0.15) is 11.2 Å². The number of amides is 2. The number of hydrogen-bond acceptors (Lipinski definition) is 5. The molecule has 8 heteroatoms. The summed E-state index contributed by atoms with van der Waals surface area (Å²) >= 11 is 0. The van der Waals surface area contributed by atoms with Gasteiger partial charge in [0.15, 0.2) is 0 Å². The topological polar surface area (TPSA) is 98.1 Å². The van der Waals surface area contributed by atoms with Crippen molar-refractivity contribution >= 4 is 28.4 Å². The van der Waals surface area contributed by atoms with Crippen LogP contribution in [0.5, 0.6) is 0 Å². The van der Waals surface area contributed by atoms with E-state index in [9.17, 15) is 9.59 Å². The number of ether oxygens (including phenoxy) is 1. The summed E-state index contributed by atoms with van der Waals surface area (Å²) in [5.41, 5.74) is 0.623. The zero-order valence-electron chi connectivity index (χ0n) is 16.1. The zero-order chi connectivity index (χ0) is 20.1. The van der Waals surface area contributed by atoms with Crippen LogP contribution in [0.2, 0.25) is 0 Å². The molecule has 8 nitrogen and oxygen atoms in total. The number of nitrogens with zero attached hydrogens (tertiary/aromatic N) is 3. The maximum absolute atomic E-state index is 12.5. The van der Waals surface area contributed by atoms with Crippen LogP contribution in [0.3, 0.4) is 0 Å². The first kappa shape index (κ1) is 19.5. The molecule has 3 rings (SSSR count). The monoisotopic (exact) mass is 381 g/mol. The van der Waals surface area contributed by atoms with Crippen LogP contribution in [0.15, 0.2) is 48.8 Å². The van der Waals surface area contributed by atoms with Gasteiger partial charge in [-0.15, -0.1) is 0 Å². The van der Waals surface area contributed by atoms with E-state index in [1.807, 2.05) is 30.3 Å². The van der Waals surface area contributed by atoms with Crippen molar-refractivity contribution in [1.29, 1.82) is 0 Å². The lowest BCUT2D eigenvalue weighted by Crippen LogP contribution is -2.45. The molecule has 146 valence electrons. The minimum Gasteiger partial charge on any atom is -0.383 e. The van der Waals surface area contributed by atoms with Gasteiger partial charge in [-0.3, -0.25) is 14.3 Å². The van der Waals surface area contributed by atoms with Crippen LogP contribution in [0.25, 0.3) is 10.9 Å². The van der Waals surface area contributed by atoms with Crippen molar-refractivity contribution in [3.8, 4) is 0 Å². The Labute approximate surface area is 162 Å². The van der Waals surface area contributed by atoms with Crippen LogP contribution < -0.4 is 10.6 Å². The van der Waals surface area contributed by atoms with E-state index in [2.05, 4.69) is 20.7 Å². The molecule has 28 heavy (non-hydrogen) atoms. The molecule has 0 fully saturated rings. The second kappa shape index (κ2) is 8.18. The number of anilines is 1. The summed E-state index contributed by atoms with van der Waals surface area (Å²) in [5.74, 6) is -0.533. The molecule has 0 unspecified atom stereocenters. The molecule has 0 bridgehead atoms. The molecule has 0 radical (unpaired) electrons. The molecule has 2 N–H and O–H groups in total. The average molecular weight is 381 g/mol. The van der Waals surface area contributed by atoms with Crippen LogP contribution in [-0.2, 0) is 15.1 Å². The van der Waals surface area contributed by atoms with E-state index in [-0.39, 0.29) is 11.8 Å². The van der Waals surface area contributed by atoms with Gasteiger partial charge in [-0.2, -0.15) is 5.10 Å². The van der Waals surface area contributed by atoms with Crippen LogP contribution in [0.1, 0.15) is 24.3 Å². The highest BCUT2D eigenvalue weighted by molar-refractivity contribution is 6.04. The molecule has 0 spiro atoms. The van der Waals surface area contributed by atoms with E-state index in [4.69, 9.17) is 4.74 Å². The molecular formula is C20H23N5O3. The second-order valence-electron chi connectivity index (χ2n) is 6.82. The number of fused-ring (bicyclic) bond motifs is 1. The van der Waals surface area contributed by atoms with Crippen molar-refractivity contribution in [3.05, 3.63) is 54.5 Å². The molecule has 2 amide bonds. The SMILES string of the molecule is COCCNC(=O)C(C)(C)n1cc(NC(=O)c2ccc3ccccc3n2)cn1. The summed E-state index contributed by atoms with van der Waals surface area (Å²) in [6, 6.07) is 11.1. The number of hydrogen-bond donors (Lipinski definition) is 2. The Morgan fingerprint density at radius 2 is 1.96 bits per heavy atom. The third-order valence-electron chi connectivity index (χ3n) is 4.39. The lowest BCUT2D eigenvalue weighted by Gasteiger charge is -2.24. The van der Waals surface area contributed by atoms with Gasteiger partial charge in [0, 0.05) is 25.2 Å². The summed E-state index contributed by atoms with van der Waals surface area (Å²) in [5, 5.41) is 10.8. The molecule has 0 atom stereocenters. The van der Waals surface area contributed by atoms with Gasteiger partial charge in [-0.05, 0) is 26.0 Å². The highest BCUT2D eigenvalue weighted by Crippen LogP contribution is 2.18. The van der Waals surface area contributed by atoms with Crippen molar-refractivity contribution in [1.82, 2.24) is 20.1 Å². The van der Waals surface area contributed by atoms with Gasteiger partial charge in [-0.25, -0.2) is 4.98 Å². The first-order chi connectivity index (χ1) is 13.4. The Balaban J connectivity index is 1.70. The fourth-order valence-electron chi connectivity index (χ4n) is 2.67. The molecule has 2 heterocycles. The smallest absolute Gasteiger partial charge is 0.274 e. The van der Waals surface area contributed by atoms with Crippen LogP contribution in [0, 0.1) is 0 Å². The zero-order valence-corrected chi connectivity index (χ0v) is 16.1. The highest BCUT2D eigenvalue weighted by atomic mass is 16.5. The van der Waals surface area contributed by atoms with Gasteiger partial charge in [0.25, 0.3) is 5.91 Å². The number of rotatable bonds is 7. The summed E-state index contributed by atoms with van der Waals surface area (Å²) in [6.07, 6.45) is 3.12. The number of carbonyl (C=O) groups is 2. The van der Waals surface area contributed by atoms with Crippen molar-refractivity contribution in [3.63, 3.8) is 0 Å². The number of aromatic nitrogens is 3. The Hall–Kier alpha value is -3.26. The van der Waals surface area contributed by atoms with E-state index < -0.39 is 5.54 Å². The minimum absolute atomic E-state index is 0.193. The van der Waals surface area contributed by atoms with Gasteiger partial charge in [0.05, 0.1) is 24.0 Å². The van der Waals surface area contributed by atoms with Crippen LogP contribution >= 0.6 is 0 Å². The molecule has 0 aliphatic heterocycles. The maximum Gasteiger partial charge on any atom is 0.274 e. The Kier molecular flexibility index (Phi) is 5.70. The summed E-state index contributed by atoms with van der Waals surface area (Å²) in [7, 11) is 1.57. The number of methoxy groups -OCH3 is 1. The number of carbonyl (C=O) groups excluding carboxylic acids is 2. The van der Waals surface area contributed by atoms with Gasteiger partial charge >= 0.3 is 0 Å². The van der Waals surface area contributed by atoms with Gasteiger partial charge in [-0.1, -0.05) is 24.3 Å². The van der Waals surface area contributed by atoms with Crippen LogP contribution in [-0.4, -0.2) is 46.8 Å². The van der Waals surface area contributed by atoms with Crippen LogP contribution in [0.4, 0.5) is 5.69 Å². The maximum atomic E-state index is 12.5. The van der Waals surface area contributed by atoms with Crippen molar-refractivity contribution in [2.75, 3.05) is 25.6 Å². The number of nitrogens with one attached hydrogen (secondary N) is 2. The third kappa shape index (κ3) is 4.17. The third-order valence-corrected chi connectivity index (χ3v) is 4.39. The predicted octanol–water partition coefficient (Wildman–Crippen LogP) is 2.18. The summed E-state index contributed by atoms with van der Waals surface area (Å²) in [6.45, 7) is 4.34. The van der Waals surface area contributed by atoms with Crippen molar-refractivity contribution in [2.45, 2.75) is 19.4 Å². The fraction of sp³-hybridized carbons (Fsp3) is 0.300. The molecule has 0 saturated carbocycles. The predicted molar refractivity (Wildman–Crippen MR) is 106 cm³/mol. The lowest BCUT2D eigenvalue weighted by molar-refractivity contribution is -0.129. The van der Waals surface area contributed by atoms with E-state index in [0.717, 1.165) is 10.9 Å². The van der Waals surface area contributed by atoms with E-state index in [1.54, 1.807) is 33.2 Å². The first-order valence-corrected chi connectivity index (χ1v) is 8.91. The average Bonchev–Trinajstić information content (AvgIpc) is 3.17. The fourth-order valence-corrected chi connectivity index (χ4v) is 2.67. The Morgan fingerprint density at radius 1 is 1.18 bits per heavy atom. The van der Waals surface area contributed by atoms with E-state index in [1.165, 1.54) is 10.9 Å². The summed E-state index contributed by atoms with van der Waals surface area (Å²) in [4.78, 5) is 29.3. The number of benzene rings is 1. The molecular weight excluding hydrogens is 358 g/mol.